The highest BCUT2D eigenvalue weighted by atomic mass is 16.2. The van der Waals surface area contributed by atoms with Crippen molar-refractivity contribution in [3.8, 4) is 0 Å². The van der Waals surface area contributed by atoms with Gasteiger partial charge in [-0.05, 0) is 36.8 Å². The van der Waals surface area contributed by atoms with Crippen LogP contribution in [0.15, 0.2) is 54.6 Å². The minimum Gasteiger partial charge on any atom is -0.349 e. The van der Waals surface area contributed by atoms with Crippen molar-refractivity contribution in [3.63, 3.8) is 0 Å². The lowest BCUT2D eigenvalue weighted by Crippen LogP contribution is -2.34. The first-order chi connectivity index (χ1) is 12.9. The first-order valence-electron chi connectivity index (χ1n) is 8.97. The third-order valence-electron chi connectivity index (χ3n) is 4.63. The molecule has 0 bridgehead atoms. The Bertz CT molecular complexity index is 851. The molecule has 0 spiro atoms. The van der Waals surface area contributed by atoms with Crippen molar-refractivity contribution in [1.29, 1.82) is 0 Å². The van der Waals surface area contributed by atoms with Crippen LogP contribution >= 0.6 is 0 Å². The molecule has 6 heteroatoms. The molecule has 140 valence electrons. The van der Waals surface area contributed by atoms with Gasteiger partial charge in [0.1, 0.15) is 0 Å². The Morgan fingerprint density at radius 2 is 1.85 bits per heavy atom. The fourth-order valence-corrected chi connectivity index (χ4v) is 3.24. The van der Waals surface area contributed by atoms with Gasteiger partial charge in [-0.25, -0.2) is 0 Å². The van der Waals surface area contributed by atoms with Gasteiger partial charge in [0, 0.05) is 31.3 Å². The highest BCUT2D eigenvalue weighted by Gasteiger charge is 2.35. The summed E-state index contributed by atoms with van der Waals surface area (Å²) in [7, 11) is 0. The molecule has 0 aliphatic carbocycles. The van der Waals surface area contributed by atoms with Crippen LogP contribution in [-0.2, 0) is 14.4 Å². The number of benzene rings is 2. The Labute approximate surface area is 158 Å². The maximum Gasteiger partial charge on any atom is 0.227 e. The van der Waals surface area contributed by atoms with Crippen molar-refractivity contribution in [2.75, 3.05) is 16.8 Å². The summed E-state index contributed by atoms with van der Waals surface area (Å²) in [6.07, 6.45) is 0.208. The standard InChI is InChI=1S/C21H23N3O3/c1-14(16-7-6-8-18(11-16)23-15(2)25)22-21(27)17-12-20(26)24(13-17)19-9-4-3-5-10-19/h3-11,14,17H,12-13H2,1-2H3,(H,22,27)(H,23,25). The third kappa shape index (κ3) is 4.53. The first kappa shape index (κ1) is 18.6. The quantitative estimate of drug-likeness (QED) is 0.855. The van der Waals surface area contributed by atoms with E-state index in [1.54, 1.807) is 11.0 Å². The normalized spacial score (nSPS) is 17.5. The Balaban J connectivity index is 1.64. The summed E-state index contributed by atoms with van der Waals surface area (Å²) < 4.78 is 0. The molecule has 2 aromatic carbocycles. The molecule has 0 aromatic heterocycles. The molecular weight excluding hydrogens is 342 g/mol. The maximum atomic E-state index is 12.7. The number of amides is 3. The Morgan fingerprint density at radius 1 is 1.11 bits per heavy atom. The third-order valence-corrected chi connectivity index (χ3v) is 4.63. The molecule has 0 radical (unpaired) electrons. The highest BCUT2D eigenvalue weighted by Crippen LogP contribution is 2.26. The van der Waals surface area contributed by atoms with Gasteiger partial charge in [0.2, 0.25) is 17.7 Å². The molecule has 1 heterocycles. The molecule has 3 amide bonds. The second-order valence-corrected chi connectivity index (χ2v) is 6.78. The van der Waals surface area contributed by atoms with E-state index in [2.05, 4.69) is 10.6 Å². The van der Waals surface area contributed by atoms with E-state index in [9.17, 15) is 14.4 Å². The van der Waals surface area contributed by atoms with E-state index in [1.807, 2.05) is 55.5 Å². The van der Waals surface area contributed by atoms with Gasteiger partial charge < -0.3 is 15.5 Å². The topological polar surface area (TPSA) is 78.5 Å². The Kier molecular flexibility index (Phi) is 5.54. The molecule has 2 N–H and O–H groups in total. The van der Waals surface area contributed by atoms with Crippen LogP contribution in [0.4, 0.5) is 11.4 Å². The number of para-hydroxylation sites is 1. The van der Waals surface area contributed by atoms with Crippen LogP contribution in [0.2, 0.25) is 0 Å². The lowest BCUT2D eigenvalue weighted by molar-refractivity contribution is -0.126. The molecule has 3 rings (SSSR count). The van der Waals surface area contributed by atoms with Gasteiger partial charge in [-0.2, -0.15) is 0 Å². The summed E-state index contributed by atoms with van der Waals surface area (Å²) in [5.74, 6) is -0.700. The van der Waals surface area contributed by atoms with Gasteiger partial charge in [-0.1, -0.05) is 30.3 Å². The van der Waals surface area contributed by atoms with E-state index in [-0.39, 0.29) is 36.1 Å². The average molecular weight is 365 g/mol. The smallest absolute Gasteiger partial charge is 0.227 e. The van der Waals surface area contributed by atoms with Crippen LogP contribution in [0.1, 0.15) is 31.9 Å². The number of carbonyl (C=O) groups excluding carboxylic acids is 3. The van der Waals surface area contributed by atoms with E-state index in [0.29, 0.717) is 12.2 Å². The Hall–Kier alpha value is -3.15. The molecule has 2 unspecified atom stereocenters. The van der Waals surface area contributed by atoms with E-state index >= 15 is 0 Å². The van der Waals surface area contributed by atoms with Crippen molar-refractivity contribution < 1.29 is 14.4 Å². The SMILES string of the molecule is CC(=O)Nc1cccc(C(C)NC(=O)C2CC(=O)N(c3ccccc3)C2)c1. The molecule has 1 saturated heterocycles. The van der Waals surface area contributed by atoms with Crippen molar-refractivity contribution >= 4 is 29.1 Å². The van der Waals surface area contributed by atoms with E-state index in [0.717, 1.165) is 11.3 Å². The second-order valence-electron chi connectivity index (χ2n) is 6.78. The van der Waals surface area contributed by atoms with E-state index in [1.165, 1.54) is 6.92 Å². The minimum atomic E-state index is -0.376. The zero-order valence-corrected chi connectivity index (χ0v) is 15.4. The summed E-state index contributed by atoms with van der Waals surface area (Å²) in [5, 5.41) is 5.72. The zero-order chi connectivity index (χ0) is 19.4. The summed E-state index contributed by atoms with van der Waals surface area (Å²) in [6.45, 7) is 3.72. The molecule has 2 atom stereocenters. The fourth-order valence-electron chi connectivity index (χ4n) is 3.24. The van der Waals surface area contributed by atoms with Crippen LogP contribution in [0.5, 0.6) is 0 Å². The van der Waals surface area contributed by atoms with Crippen LogP contribution in [-0.4, -0.2) is 24.3 Å². The van der Waals surface area contributed by atoms with Crippen molar-refractivity contribution in [1.82, 2.24) is 5.32 Å². The summed E-state index contributed by atoms with van der Waals surface area (Å²) >= 11 is 0. The summed E-state index contributed by atoms with van der Waals surface area (Å²) in [5.41, 5.74) is 2.39. The fraction of sp³-hybridized carbons (Fsp3) is 0.286. The highest BCUT2D eigenvalue weighted by molar-refractivity contribution is 6.00. The molecule has 6 nitrogen and oxygen atoms in total. The first-order valence-corrected chi connectivity index (χ1v) is 8.97. The number of nitrogens with zero attached hydrogens (tertiary/aromatic N) is 1. The Morgan fingerprint density at radius 3 is 2.56 bits per heavy atom. The summed E-state index contributed by atoms with van der Waals surface area (Å²) in [4.78, 5) is 37.8. The molecule has 1 aliphatic heterocycles. The monoisotopic (exact) mass is 365 g/mol. The van der Waals surface area contributed by atoms with Crippen molar-refractivity contribution in [2.45, 2.75) is 26.3 Å². The van der Waals surface area contributed by atoms with Gasteiger partial charge in [-0.3, -0.25) is 14.4 Å². The van der Waals surface area contributed by atoms with Gasteiger partial charge in [-0.15, -0.1) is 0 Å². The zero-order valence-electron chi connectivity index (χ0n) is 15.4. The number of carbonyl (C=O) groups is 3. The number of anilines is 2. The molecular formula is C21H23N3O3. The average Bonchev–Trinajstić information content (AvgIpc) is 3.04. The molecule has 27 heavy (non-hydrogen) atoms. The molecule has 2 aromatic rings. The van der Waals surface area contributed by atoms with Crippen LogP contribution in [0.3, 0.4) is 0 Å². The van der Waals surface area contributed by atoms with E-state index < -0.39 is 0 Å². The largest absolute Gasteiger partial charge is 0.349 e. The molecule has 1 fully saturated rings. The van der Waals surface area contributed by atoms with Crippen LogP contribution in [0.25, 0.3) is 0 Å². The van der Waals surface area contributed by atoms with Crippen LogP contribution in [0, 0.1) is 5.92 Å². The van der Waals surface area contributed by atoms with Crippen molar-refractivity contribution in [3.05, 3.63) is 60.2 Å². The second kappa shape index (κ2) is 8.03. The lowest BCUT2D eigenvalue weighted by atomic mass is 10.0. The van der Waals surface area contributed by atoms with Crippen LogP contribution < -0.4 is 15.5 Å². The summed E-state index contributed by atoms with van der Waals surface area (Å²) in [6, 6.07) is 16.5. The van der Waals surface area contributed by atoms with Gasteiger partial charge >= 0.3 is 0 Å². The van der Waals surface area contributed by atoms with Gasteiger partial charge in [0.05, 0.1) is 12.0 Å². The molecule has 1 aliphatic rings. The number of hydrogen-bond acceptors (Lipinski definition) is 3. The number of rotatable bonds is 5. The van der Waals surface area contributed by atoms with Gasteiger partial charge in [0.15, 0.2) is 0 Å². The minimum absolute atomic E-state index is 0.0401. The molecule has 0 saturated carbocycles. The van der Waals surface area contributed by atoms with E-state index in [4.69, 9.17) is 0 Å². The predicted molar refractivity (Wildman–Crippen MR) is 104 cm³/mol. The predicted octanol–water partition coefficient (Wildman–Crippen LogP) is 2.88. The maximum absolute atomic E-state index is 12.7. The van der Waals surface area contributed by atoms with Gasteiger partial charge in [0.25, 0.3) is 0 Å². The number of hydrogen-bond donors (Lipinski definition) is 2. The lowest BCUT2D eigenvalue weighted by Gasteiger charge is -2.19. The van der Waals surface area contributed by atoms with Crippen molar-refractivity contribution in [2.24, 2.45) is 5.92 Å². The number of nitrogens with one attached hydrogen (secondary N) is 2.